The van der Waals surface area contributed by atoms with Crippen LogP contribution >= 0.6 is 11.3 Å². The molecule has 9 heteroatoms. The molecule has 0 aliphatic carbocycles. The van der Waals surface area contributed by atoms with E-state index in [-0.39, 0.29) is 17.8 Å². The first-order chi connectivity index (χ1) is 12.5. The first kappa shape index (κ1) is 17.5. The van der Waals surface area contributed by atoms with Gasteiger partial charge < -0.3 is 9.30 Å². The summed E-state index contributed by atoms with van der Waals surface area (Å²) < 4.78 is 5.91. The first-order valence-electron chi connectivity index (χ1n) is 7.46. The molecule has 8 nitrogen and oxygen atoms in total. The van der Waals surface area contributed by atoms with E-state index >= 15 is 0 Å². The van der Waals surface area contributed by atoms with Crippen molar-refractivity contribution in [1.29, 1.82) is 0 Å². The summed E-state index contributed by atoms with van der Waals surface area (Å²) in [4.78, 5) is 38.1. The lowest BCUT2D eigenvalue weighted by Gasteiger charge is -2.03. The average Bonchev–Trinajstić information content (AvgIpc) is 3.11. The number of hydrogen-bond acceptors (Lipinski definition) is 7. The molecule has 3 rings (SSSR count). The maximum absolute atomic E-state index is 11.9. The quantitative estimate of drug-likeness (QED) is 0.388. The van der Waals surface area contributed by atoms with Gasteiger partial charge in [-0.15, -0.1) is 11.3 Å². The molecule has 26 heavy (non-hydrogen) atoms. The van der Waals surface area contributed by atoms with Crippen molar-refractivity contribution in [2.24, 2.45) is 0 Å². The molecule has 0 saturated heterocycles. The van der Waals surface area contributed by atoms with Crippen LogP contribution in [0.25, 0.3) is 10.6 Å². The molecule has 2 heterocycles. The normalized spacial score (nSPS) is 10.5. The van der Waals surface area contributed by atoms with Crippen LogP contribution in [0.3, 0.4) is 0 Å². The molecule has 3 aromatic rings. The zero-order valence-electron chi connectivity index (χ0n) is 13.6. The van der Waals surface area contributed by atoms with E-state index in [1.807, 2.05) is 0 Å². The largest absolute Gasteiger partial charge is 0.465 e. The zero-order valence-corrected chi connectivity index (χ0v) is 14.4. The highest BCUT2D eigenvalue weighted by Crippen LogP contribution is 2.24. The molecule has 0 spiro atoms. The van der Waals surface area contributed by atoms with Crippen LogP contribution in [-0.2, 0) is 11.3 Å². The van der Waals surface area contributed by atoms with Gasteiger partial charge in [-0.1, -0.05) is 12.1 Å². The Morgan fingerprint density at radius 2 is 2.00 bits per heavy atom. The highest BCUT2D eigenvalue weighted by atomic mass is 32.1. The van der Waals surface area contributed by atoms with E-state index in [1.165, 1.54) is 35.3 Å². The third-order valence-electron chi connectivity index (χ3n) is 3.62. The van der Waals surface area contributed by atoms with E-state index in [4.69, 9.17) is 0 Å². The van der Waals surface area contributed by atoms with Gasteiger partial charge in [0.05, 0.1) is 36.0 Å². The fourth-order valence-corrected chi connectivity index (χ4v) is 3.12. The molecule has 1 aromatic carbocycles. The third kappa shape index (κ3) is 3.67. The van der Waals surface area contributed by atoms with Gasteiger partial charge in [0, 0.05) is 23.1 Å². The van der Waals surface area contributed by atoms with Crippen LogP contribution in [-0.4, -0.2) is 27.6 Å². The summed E-state index contributed by atoms with van der Waals surface area (Å²) in [5.41, 5.74) is 1.38. The van der Waals surface area contributed by atoms with E-state index < -0.39 is 10.9 Å². The van der Waals surface area contributed by atoms with E-state index in [2.05, 4.69) is 9.72 Å². The number of hydrogen-bond donors (Lipinski definition) is 0. The molecule has 0 amide bonds. The standard InChI is InChI=1S/C17H13N3O5S/c1-25-17(22)12-4-2-11(3-5-12)16-18-13(10-26-16)8-19-9-14(20(23)24)6-7-15(19)21/h2-7,9-10H,8H2,1H3. The number of ether oxygens (including phenoxy) is 1. The minimum absolute atomic E-state index is 0.136. The van der Waals surface area contributed by atoms with Crippen LogP contribution in [0.4, 0.5) is 5.69 Å². The summed E-state index contributed by atoms with van der Waals surface area (Å²) in [5.74, 6) is -0.415. The van der Waals surface area contributed by atoms with Crippen LogP contribution in [0.5, 0.6) is 0 Å². The lowest BCUT2D eigenvalue weighted by atomic mass is 10.1. The van der Waals surface area contributed by atoms with Crippen molar-refractivity contribution in [3.05, 3.63) is 79.7 Å². The maximum Gasteiger partial charge on any atom is 0.337 e. The molecule has 2 aromatic heterocycles. The topological polar surface area (TPSA) is 104 Å². The lowest BCUT2D eigenvalue weighted by Crippen LogP contribution is -2.19. The molecule has 0 aliphatic heterocycles. The molecule has 0 N–H and O–H groups in total. The van der Waals surface area contributed by atoms with Gasteiger partial charge in [0.2, 0.25) is 0 Å². The van der Waals surface area contributed by atoms with Gasteiger partial charge in [0.1, 0.15) is 5.01 Å². The maximum atomic E-state index is 11.9. The minimum Gasteiger partial charge on any atom is -0.465 e. The number of rotatable bonds is 5. The summed E-state index contributed by atoms with van der Waals surface area (Å²) >= 11 is 1.38. The van der Waals surface area contributed by atoms with Crippen molar-refractivity contribution >= 4 is 23.0 Å². The molecule has 0 bridgehead atoms. The molecule has 0 fully saturated rings. The van der Waals surface area contributed by atoms with E-state index in [9.17, 15) is 19.7 Å². The minimum atomic E-state index is -0.550. The second kappa shape index (κ2) is 7.28. The fraction of sp³-hybridized carbons (Fsp3) is 0.118. The number of pyridine rings is 1. The van der Waals surface area contributed by atoms with Gasteiger partial charge >= 0.3 is 5.97 Å². The molecule has 0 atom stereocenters. The number of nitro groups is 1. The van der Waals surface area contributed by atoms with Crippen LogP contribution in [0, 0.1) is 10.1 Å². The predicted molar refractivity (Wildman–Crippen MR) is 95.3 cm³/mol. The third-order valence-corrected chi connectivity index (χ3v) is 4.56. The van der Waals surface area contributed by atoms with Gasteiger partial charge in [-0.25, -0.2) is 9.78 Å². The van der Waals surface area contributed by atoms with Crippen molar-refractivity contribution in [1.82, 2.24) is 9.55 Å². The molecule has 0 unspecified atom stereocenters. The Hall–Kier alpha value is -3.33. The van der Waals surface area contributed by atoms with Gasteiger partial charge in [0.25, 0.3) is 11.2 Å². The van der Waals surface area contributed by atoms with Gasteiger partial charge in [-0.3, -0.25) is 14.9 Å². The Bertz CT molecular complexity index is 1020. The highest BCUT2D eigenvalue weighted by molar-refractivity contribution is 7.13. The second-order valence-corrected chi connectivity index (χ2v) is 6.18. The van der Waals surface area contributed by atoms with Gasteiger partial charge in [0.15, 0.2) is 0 Å². The number of carbonyl (C=O) groups excluding carboxylic acids is 1. The van der Waals surface area contributed by atoms with Crippen molar-refractivity contribution < 1.29 is 14.5 Å². The van der Waals surface area contributed by atoms with Crippen molar-refractivity contribution in [3.63, 3.8) is 0 Å². The molecule has 0 radical (unpaired) electrons. The SMILES string of the molecule is COC(=O)c1ccc(-c2nc(Cn3cc([N+](=O)[O-])ccc3=O)cs2)cc1. The monoisotopic (exact) mass is 371 g/mol. The molecule has 0 aliphatic rings. The number of aromatic nitrogens is 2. The second-order valence-electron chi connectivity index (χ2n) is 5.32. The summed E-state index contributed by atoms with van der Waals surface area (Å²) in [7, 11) is 1.32. The molecule has 132 valence electrons. The number of benzene rings is 1. The Balaban J connectivity index is 1.82. The van der Waals surface area contributed by atoms with Crippen molar-refractivity contribution in [3.8, 4) is 10.6 Å². The lowest BCUT2D eigenvalue weighted by molar-refractivity contribution is -0.385. The van der Waals surface area contributed by atoms with E-state index in [0.29, 0.717) is 11.3 Å². The first-order valence-corrected chi connectivity index (χ1v) is 8.34. The van der Waals surface area contributed by atoms with Gasteiger partial charge in [-0.2, -0.15) is 0 Å². The van der Waals surface area contributed by atoms with Crippen molar-refractivity contribution in [2.75, 3.05) is 7.11 Å². The molecule has 0 saturated carbocycles. The van der Waals surface area contributed by atoms with Crippen LogP contribution in [0.1, 0.15) is 16.1 Å². The molecular formula is C17H13N3O5S. The summed E-state index contributed by atoms with van der Waals surface area (Å²) in [6, 6.07) is 9.15. The van der Waals surface area contributed by atoms with Gasteiger partial charge in [-0.05, 0) is 12.1 Å². The number of carbonyl (C=O) groups is 1. The number of thiazole rings is 1. The zero-order chi connectivity index (χ0) is 18.7. The van der Waals surface area contributed by atoms with Crippen molar-refractivity contribution in [2.45, 2.75) is 6.54 Å². The number of nitrogens with zero attached hydrogens (tertiary/aromatic N) is 3. The van der Waals surface area contributed by atoms with Crippen LogP contribution < -0.4 is 5.56 Å². The summed E-state index contributed by atoms with van der Waals surface area (Å²) in [6.07, 6.45) is 1.20. The Kier molecular flexibility index (Phi) is 4.90. The van der Waals surface area contributed by atoms with Crippen LogP contribution in [0.15, 0.2) is 52.8 Å². The predicted octanol–water partition coefficient (Wildman–Crippen LogP) is 2.71. The fourth-order valence-electron chi connectivity index (χ4n) is 2.30. The van der Waals surface area contributed by atoms with Crippen LogP contribution in [0.2, 0.25) is 0 Å². The smallest absolute Gasteiger partial charge is 0.337 e. The number of esters is 1. The number of methoxy groups -OCH3 is 1. The highest BCUT2D eigenvalue weighted by Gasteiger charge is 2.11. The van der Waals surface area contributed by atoms with E-state index in [0.717, 1.165) is 16.6 Å². The van der Waals surface area contributed by atoms with E-state index in [1.54, 1.807) is 29.6 Å². The Morgan fingerprint density at radius 3 is 2.65 bits per heavy atom. The molecular weight excluding hydrogens is 358 g/mol. The Morgan fingerprint density at radius 1 is 1.27 bits per heavy atom. The summed E-state index contributed by atoms with van der Waals surface area (Å²) in [6.45, 7) is 0.136. The Labute approximate surface area is 151 Å². The average molecular weight is 371 g/mol. The summed E-state index contributed by atoms with van der Waals surface area (Å²) in [5, 5.41) is 13.4.